The van der Waals surface area contributed by atoms with Crippen LogP contribution in [0.3, 0.4) is 0 Å². The molecule has 0 N–H and O–H groups in total. The maximum Gasteiger partial charge on any atom is 0.212 e. The van der Waals surface area contributed by atoms with Gasteiger partial charge in [0.25, 0.3) is 0 Å². The zero-order valence-corrected chi connectivity index (χ0v) is 14.6. The Balaban J connectivity index is 2.25. The minimum atomic E-state index is 0.704. The Bertz CT molecular complexity index is 962. The Hall–Kier alpha value is -2.92. The molecule has 1 aromatic heterocycles. The van der Waals surface area contributed by atoms with Crippen LogP contribution in [0.4, 0.5) is 0 Å². The average molecular weight is 313 g/mol. The maximum atomic E-state index is 9.09. The van der Waals surface area contributed by atoms with Crippen LogP contribution in [0.25, 0.3) is 22.4 Å². The molecule has 0 amide bonds. The number of nitriles is 1. The quantitative estimate of drug-likeness (QED) is 0.633. The summed E-state index contributed by atoms with van der Waals surface area (Å²) in [5, 5.41) is 9.09. The molecule has 0 fully saturated rings. The lowest BCUT2D eigenvalue weighted by Gasteiger charge is -2.15. The molecular formula is C22H21N2+. The van der Waals surface area contributed by atoms with E-state index in [1.54, 1.807) is 0 Å². The molecule has 3 aromatic rings. The SMILES string of the molecule is Cc1cc(C#N)ccc1-c1ccc(C)c(-c2cccc[n+]2C)c1C. The van der Waals surface area contributed by atoms with Crippen LogP contribution >= 0.6 is 0 Å². The highest BCUT2D eigenvalue weighted by atomic mass is 14.9. The summed E-state index contributed by atoms with van der Waals surface area (Å²) in [6, 6.07) is 18.8. The van der Waals surface area contributed by atoms with Crippen molar-refractivity contribution in [1.29, 1.82) is 5.26 Å². The third kappa shape index (κ3) is 2.70. The molecule has 0 saturated heterocycles. The van der Waals surface area contributed by atoms with Gasteiger partial charge in [-0.05, 0) is 66.8 Å². The smallest absolute Gasteiger partial charge is 0.201 e. The number of hydrogen-bond donors (Lipinski definition) is 0. The molecular weight excluding hydrogens is 292 g/mol. The Kier molecular flexibility index (Phi) is 4.18. The second-order valence-electron chi connectivity index (χ2n) is 6.27. The molecule has 2 heteroatoms. The highest BCUT2D eigenvalue weighted by Crippen LogP contribution is 2.34. The van der Waals surface area contributed by atoms with E-state index in [2.05, 4.69) is 75.0 Å². The monoisotopic (exact) mass is 313 g/mol. The van der Waals surface area contributed by atoms with Gasteiger partial charge in [-0.1, -0.05) is 18.2 Å². The van der Waals surface area contributed by atoms with Gasteiger partial charge in [-0.2, -0.15) is 5.26 Å². The van der Waals surface area contributed by atoms with Crippen LogP contribution in [0.2, 0.25) is 0 Å². The van der Waals surface area contributed by atoms with Gasteiger partial charge in [0.2, 0.25) is 5.69 Å². The molecule has 0 aliphatic heterocycles. The fourth-order valence-corrected chi connectivity index (χ4v) is 3.35. The van der Waals surface area contributed by atoms with Crippen LogP contribution in [0.5, 0.6) is 0 Å². The van der Waals surface area contributed by atoms with Crippen molar-refractivity contribution in [3.63, 3.8) is 0 Å². The summed E-state index contributed by atoms with van der Waals surface area (Å²) in [7, 11) is 2.08. The zero-order valence-electron chi connectivity index (χ0n) is 14.6. The summed E-state index contributed by atoms with van der Waals surface area (Å²) >= 11 is 0. The summed E-state index contributed by atoms with van der Waals surface area (Å²) in [5.41, 5.74) is 9.27. The summed E-state index contributed by atoms with van der Waals surface area (Å²) in [4.78, 5) is 0. The number of hydrogen-bond acceptors (Lipinski definition) is 1. The molecule has 0 spiro atoms. The van der Waals surface area contributed by atoms with E-state index in [-0.39, 0.29) is 0 Å². The first-order chi connectivity index (χ1) is 11.5. The van der Waals surface area contributed by atoms with Crippen molar-refractivity contribution in [3.8, 4) is 28.5 Å². The number of benzene rings is 2. The number of aromatic nitrogens is 1. The van der Waals surface area contributed by atoms with Crippen LogP contribution in [0.15, 0.2) is 54.7 Å². The van der Waals surface area contributed by atoms with Gasteiger partial charge in [0, 0.05) is 12.1 Å². The maximum absolute atomic E-state index is 9.09. The molecule has 1 heterocycles. The molecule has 0 radical (unpaired) electrons. The zero-order chi connectivity index (χ0) is 17.3. The largest absolute Gasteiger partial charge is 0.212 e. The van der Waals surface area contributed by atoms with Gasteiger partial charge in [-0.25, -0.2) is 4.57 Å². The number of nitrogens with zero attached hydrogens (tertiary/aromatic N) is 2. The van der Waals surface area contributed by atoms with Crippen molar-refractivity contribution in [2.45, 2.75) is 20.8 Å². The van der Waals surface area contributed by atoms with Crippen molar-refractivity contribution in [2.75, 3.05) is 0 Å². The Morgan fingerprint density at radius 1 is 0.875 bits per heavy atom. The Morgan fingerprint density at radius 2 is 1.62 bits per heavy atom. The van der Waals surface area contributed by atoms with Gasteiger partial charge in [-0.15, -0.1) is 0 Å². The molecule has 2 nitrogen and oxygen atoms in total. The predicted molar refractivity (Wildman–Crippen MR) is 97.4 cm³/mol. The van der Waals surface area contributed by atoms with Crippen LogP contribution in [-0.4, -0.2) is 0 Å². The molecule has 3 rings (SSSR count). The standard InChI is InChI=1S/C22H21N2/c1-15-8-10-20(19-11-9-18(14-23)13-16(19)2)17(3)22(15)21-7-5-6-12-24(21)4/h5-13H,1-4H3/q+1. The molecule has 0 saturated carbocycles. The molecule has 24 heavy (non-hydrogen) atoms. The van der Waals surface area contributed by atoms with E-state index in [0.717, 1.165) is 5.56 Å². The van der Waals surface area contributed by atoms with Crippen LogP contribution < -0.4 is 4.57 Å². The fraction of sp³-hybridized carbons (Fsp3) is 0.182. The number of aryl methyl sites for hydroxylation is 3. The highest BCUT2D eigenvalue weighted by Gasteiger charge is 2.18. The lowest BCUT2D eigenvalue weighted by atomic mass is 9.89. The molecule has 0 atom stereocenters. The topological polar surface area (TPSA) is 27.7 Å². The molecule has 0 aliphatic carbocycles. The van der Waals surface area contributed by atoms with Gasteiger partial charge in [0.1, 0.15) is 7.05 Å². The molecule has 0 aliphatic rings. The molecule has 2 aromatic carbocycles. The van der Waals surface area contributed by atoms with Crippen LogP contribution in [0, 0.1) is 32.1 Å². The average Bonchev–Trinajstić information content (AvgIpc) is 2.57. The third-order valence-corrected chi connectivity index (χ3v) is 4.63. The van der Waals surface area contributed by atoms with Crippen molar-refractivity contribution in [1.82, 2.24) is 0 Å². The van der Waals surface area contributed by atoms with Gasteiger partial charge >= 0.3 is 0 Å². The molecule has 0 unspecified atom stereocenters. The molecule has 118 valence electrons. The lowest BCUT2D eigenvalue weighted by Crippen LogP contribution is -2.30. The number of pyridine rings is 1. The third-order valence-electron chi connectivity index (χ3n) is 4.63. The summed E-state index contributed by atoms with van der Waals surface area (Å²) in [5.74, 6) is 0. The van der Waals surface area contributed by atoms with E-state index >= 15 is 0 Å². The second kappa shape index (κ2) is 6.29. The van der Waals surface area contributed by atoms with E-state index in [1.165, 1.54) is 33.5 Å². The van der Waals surface area contributed by atoms with E-state index < -0.39 is 0 Å². The first kappa shape index (κ1) is 16.0. The Labute approximate surface area is 143 Å². The van der Waals surface area contributed by atoms with Crippen LogP contribution in [0.1, 0.15) is 22.3 Å². The van der Waals surface area contributed by atoms with Crippen molar-refractivity contribution in [3.05, 3.63) is 77.0 Å². The van der Waals surface area contributed by atoms with Crippen LogP contribution in [-0.2, 0) is 7.05 Å². The summed E-state index contributed by atoms with van der Waals surface area (Å²) in [6.45, 7) is 6.41. The normalized spacial score (nSPS) is 10.5. The fourth-order valence-electron chi connectivity index (χ4n) is 3.35. The van der Waals surface area contributed by atoms with Gasteiger partial charge in [0.05, 0.1) is 17.2 Å². The first-order valence-corrected chi connectivity index (χ1v) is 8.09. The number of rotatable bonds is 2. The predicted octanol–water partition coefficient (Wildman–Crippen LogP) is 4.64. The highest BCUT2D eigenvalue weighted by molar-refractivity contribution is 5.79. The van der Waals surface area contributed by atoms with Gasteiger partial charge in [-0.3, -0.25) is 0 Å². The van der Waals surface area contributed by atoms with Crippen molar-refractivity contribution < 1.29 is 4.57 Å². The van der Waals surface area contributed by atoms with E-state index in [4.69, 9.17) is 5.26 Å². The lowest BCUT2D eigenvalue weighted by molar-refractivity contribution is -0.660. The van der Waals surface area contributed by atoms with E-state index in [0.29, 0.717) is 5.56 Å². The van der Waals surface area contributed by atoms with E-state index in [1.807, 2.05) is 18.2 Å². The summed E-state index contributed by atoms with van der Waals surface area (Å²) < 4.78 is 2.16. The second-order valence-corrected chi connectivity index (χ2v) is 6.27. The minimum absolute atomic E-state index is 0.704. The van der Waals surface area contributed by atoms with Gasteiger partial charge < -0.3 is 0 Å². The van der Waals surface area contributed by atoms with Gasteiger partial charge in [0.15, 0.2) is 6.20 Å². The van der Waals surface area contributed by atoms with Crippen molar-refractivity contribution in [2.24, 2.45) is 7.05 Å². The first-order valence-electron chi connectivity index (χ1n) is 8.09. The summed E-state index contributed by atoms with van der Waals surface area (Å²) in [6.07, 6.45) is 2.08. The Morgan fingerprint density at radius 3 is 2.29 bits per heavy atom. The molecule has 0 bridgehead atoms. The van der Waals surface area contributed by atoms with E-state index in [9.17, 15) is 0 Å². The van der Waals surface area contributed by atoms with Crippen molar-refractivity contribution >= 4 is 0 Å². The minimum Gasteiger partial charge on any atom is -0.201 e.